The smallest absolute Gasteiger partial charge is 0.333 e. The second-order valence-electron chi connectivity index (χ2n) is 5.76. The van der Waals surface area contributed by atoms with Crippen LogP contribution in [-0.2, 0) is 9.63 Å². The zero-order valence-corrected chi connectivity index (χ0v) is 13.5. The van der Waals surface area contributed by atoms with Crippen molar-refractivity contribution in [2.45, 2.75) is 33.1 Å². The van der Waals surface area contributed by atoms with E-state index in [0.717, 1.165) is 5.56 Å². The topological polar surface area (TPSA) is 89.7 Å². The Kier molecular flexibility index (Phi) is 3.92. The largest absolute Gasteiger partial charge is 0.361 e. The van der Waals surface area contributed by atoms with Gasteiger partial charge in [-0.3, -0.25) is 9.59 Å². The van der Waals surface area contributed by atoms with Crippen molar-refractivity contribution in [3.63, 3.8) is 0 Å². The molecule has 0 fully saturated rings. The van der Waals surface area contributed by atoms with Crippen LogP contribution in [0.15, 0.2) is 28.8 Å². The normalized spacial score (nSPS) is 14.7. The Hall–Kier alpha value is -2.96. The summed E-state index contributed by atoms with van der Waals surface area (Å²) in [4.78, 5) is 41.5. The predicted octanol–water partition coefficient (Wildman–Crippen LogP) is 2.54. The lowest BCUT2D eigenvalue weighted by atomic mass is 9.96. The van der Waals surface area contributed by atoms with E-state index in [2.05, 4.69) is 5.16 Å². The van der Waals surface area contributed by atoms with Crippen molar-refractivity contribution in [3.05, 3.63) is 52.4 Å². The molecule has 2 amide bonds. The molecule has 0 radical (unpaired) electrons. The van der Waals surface area contributed by atoms with Gasteiger partial charge in [0, 0.05) is 5.56 Å². The molecular weight excluding hydrogens is 312 g/mol. The van der Waals surface area contributed by atoms with Gasteiger partial charge in [-0.05, 0) is 31.9 Å². The molecule has 0 saturated heterocycles. The van der Waals surface area contributed by atoms with Gasteiger partial charge in [-0.15, -0.1) is 0 Å². The fourth-order valence-corrected chi connectivity index (χ4v) is 2.93. The minimum atomic E-state index is -0.669. The Bertz CT molecular complexity index is 785. The predicted molar refractivity (Wildman–Crippen MR) is 82.0 cm³/mol. The molecule has 1 atom stereocenters. The molecule has 1 aliphatic heterocycles. The molecule has 1 aliphatic rings. The van der Waals surface area contributed by atoms with Crippen LogP contribution in [0.25, 0.3) is 0 Å². The van der Waals surface area contributed by atoms with Gasteiger partial charge in [0.25, 0.3) is 11.8 Å². The van der Waals surface area contributed by atoms with Gasteiger partial charge in [0.1, 0.15) is 5.76 Å². The molecule has 0 bridgehead atoms. The van der Waals surface area contributed by atoms with Crippen molar-refractivity contribution < 1.29 is 23.7 Å². The number of aromatic nitrogens is 1. The Morgan fingerprint density at radius 3 is 2.29 bits per heavy atom. The Morgan fingerprint density at radius 1 is 1.21 bits per heavy atom. The number of hydrogen-bond donors (Lipinski definition) is 0. The van der Waals surface area contributed by atoms with Gasteiger partial charge < -0.3 is 9.36 Å². The van der Waals surface area contributed by atoms with Gasteiger partial charge in [0.15, 0.2) is 0 Å². The highest BCUT2D eigenvalue weighted by Gasteiger charge is 2.38. The molecule has 124 valence electrons. The monoisotopic (exact) mass is 328 g/mol. The number of hydroxylamine groups is 2. The average molecular weight is 328 g/mol. The minimum Gasteiger partial charge on any atom is -0.361 e. The molecule has 1 unspecified atom stereocenters. The van der Waals surface area contributed by atoms with Crippen LogP contribution in [0.1, 0.15) is 57.0 Å². The minimum absolute atomic E-state index is 0.00367. The van der Waals surface area contributed by atoms with Crippen molar-refractivity contribution >= 4 is 17.8 Å². The van der Waals surface area contributed by atoms with Crippen LogP contribution in [0.5, 0.6) is 0 Å². The summed E-state index contributed by atoms with van der Waals surface area (Å²) >= 11 is 0. The van der Waals surface area contributed by atoms with E-state index in [1.54, 1.807) is 26.0 Å². The van der Waals surface area contributed by atoms with Crippen LogP contribution in [0.3, 0.4) is 0 Å². The molecule has 0 saturated carbocycles. The summed E-state index contributed by atoms with van der Waals surface area (Å²) in [6.45, 7) is 5.38. The van der Waals surface area contributed by atoms with Crippen LogP contribution in [0.2, 0.25) is 0 Å². The summed E-state index contributed by atoms with van der Waals surface area (Å²) in [6, 6.07) is 6.34. The second kappa shape index (κ2) is 5.92. The number of amides is 2. The molecule has 1 aromatic heterocycles. The quantitative estimate of drug-likeness (QED) is 0.801. The highest BCUT2D eigenvalue weighted by atomic mass is 16.7. The second-order valence-corrected chi connectivity index (χ2v) is 5.76. The van der Waals surface area contributed by atoms with Crippen LogP contribution >= 0.6 is 0 Å². The first-order chi connectivity index (χ1) is 11.4. The van der Waals surface area contributed by atoms with Gasteiger partial charge in [0.05, 0.1) is 23.2 Å². The van der Waals surface area contributed by atoms with Gasteiger partial charge in [-0.25, -0.2) is 4.79 Å². The lowest BCUT2D eigenvalue weighted by Crippen LogP contribution is -2.33. The lowest BCUT2D eigenvalue weighted by Gasteiger charge is -2.15. The molecule has 7 heteroatoms. The number of imide groups is 1. The van der Waals surface area contributed by atoms with Crippen LogP contribution in [0.4, 0.5) is 0 Å². The van der Waals surface area contributed by atoms with E-state index in [4.69, 9.17) is 9.36 Å². The van der Waals surface area contributed by atoms with Crippen molar-refractivity contribution in [1.82, 2.24) is 10.2 Å². The summed E-state index contributed by atoms with van der Waals surface area (Å²) in [7, 11) is 0. The number of aryl methyl sites for hydroxylation is 2. The summed E-state index contributed by atoms with van der Waals surface area (Å²) in [5, 5.41) is 4.37. The standard InChI is InChI=1S/C17H16N2O5/c1-9(15-10(2)18-23-11(15)3)8-14(20)24-19-16(21)12-6-4-5-7-13(12)17(19)22/h4-7,9H,8H2,1-3H3. The van der Waals surface area contributed by atoms with Gasteiger partial charge >= 0.3 is 5.97 Å². The molecule has 7 nitrogen and oxygen atoms in total. The summed E-state index contributed by atoms with van der Waals surface area (Å²) < 4.78 is 5.09. The molecule has 2 heterocycles. The van der Waals surface area contributed by atoms with E-state index in [1.807, 2.05) is 6.92 Å². The number of rotatable bonds is 4. The molecule has 0 aliphatic carbocycles. The van der Waals surface area contributed by atoms with Gasteiger partial charge in [-0.1, -0.05) is 29.3 Å². The molecule has 24 heavy (non-hydrogen) atoms. The molecule has 0 spiro atoms. The average Bonchev–Trinajstić information content (AvgIpc) is 3.00. The maximum Gasteiger partial charge on any atom is 0.333 e. The third-order valence-corrected chi connectivity index (χ3v) is 4.00. The number of carbonyl (C=O) groups excluding carboxylic acids is 3. The van der Waals surface area contributed by atoms with Gasteiger partial charge in [-0.2, -0.15) is 0 Å². The molecule has 0 N–H and O–H groups in total. The molecule has 3 rings (SSSR count). The van der Waals surface area contributed by atoms with Crippen LogP contribution in [0, 0.1) is 13.8 Å². The number of carbonyl (C=O) groups is 3. The summed E-state index contributed by atoms with van der Waals surface area (Å²) in [6.07, 6.45) is -0.00367. The maximum atomic E-state index is 12.2. The first-order valence-electron chi connectivity index (χ1n) is 7.51. The van der Waals surface area contributed by atoms with E-state index >= 15 is 0 Å². The van der Waals surface area contributed by atoms with E-state index in [-0.39, 0.29) is 23.5 Å². The fourth-order valence-electron chi connectivity index (χ4n) is 2.93. The highest BCUT2D eigenvalue weighted by Crippen LogP contribution is 2.27. The third kappa shape index (κ3) is 2.58. The SMILES string of the molecule is Cc1noc(C)c1C(C)CC(=O)ON1C(=O)c2ccccc2C1=O. The zero-order valence-electron chi connectivity index (χ0n) is 13.5. The summed E-state index contributed by atoms with van der Waals surface area (Å²) in [5.74, 6) is -1.51. The first kappa shape index (κ1) is 15.9. The van der Waals surface area contributed by atoms with Gasteiger partial charge in [0.2, 0.25) is 0 Å². The lowest BCUT2D eigenvalue weighted by molar-refractivity contribution is -0.168. The Labute approximate surface area is 138 Å². The molecule has 2 aromatic rings. The Balaban J connectivity index is 1.70. The van der Waals surface area contributed by atoms with Crippen molar-refractivity contribution in [2.75, 3.05) is 0 Å². The van der Waals surface area contributed by atoms with E-state index in [0.29, 0.717) is 16.5 Å². The molecular formula is C17H16N2O5. The highest BCUT2D eigenvalue weighted by molar-refractivity contribution is 6.20. The number of nitrogens with zero attached hydrogens (tertiary/aromatic N) is 2. The van der Waals surface area contributed by atoms with E-state index in [1.165, 1.54) is 12.1 Å². The summed E-state index contributed by atoms with van der Waals surface area (Å²) in [5.41, 5.74) is 1.99. The van der Waals surface area contributed by atoms with E-state index < -0.39 is 17.8 Å². The van der Waals surface area contributed by atoms with Crippen LogP contribution < -0.4 is 0 Å². The number of benzene rings is 1. The first-order valence-corrected chi connectivity index (χ1v) is 7.51. The van der Waals surface area contributed by atoms with Crippen molar-refractivity contribution in [2.24, 2.45) is 0 Å². The van der Waals surface area contributed by atoms with Crippen molar-refractivity contribution in [3.8, 4) is 0 Å². The fraction of sp³-hybridized carbons (Fsp3) is 0.294. The zero-order chi connectivity index (χ0) is 17.4. The maximum absolute atomic E-state index is 12.2. The Morgan fingerprint density at radius 2 is 1.79 bits per heavy atom. The van der Waals surface area contributed by atoms with Crippen LogP contribution in [-0.4, -0.2) is 28.0 Å². The number of hydrogen-bond acceptors (Lipinski definition) is 6. The van der Waals surface area contributed by atoms with Crippen molar-refractivity contribution in [1.29, 1.82) is 0 Å². The molecule has 1 aromatic carbocycles. The van der Waals surface area contributed by atoms with E-state index in [9.17, 15) is 14.4 Å². The number of fused-ring (bicyclic) bond motifs is 1. The third-order valence-electron chi connectivity index (χ3n) is 4.00.